The van der Waals surface area contributed by atoms with E-state index in [1.807, 2.05) is 6.07 Å². The zero-order chi connectivity index (χ0) is 18.1. The molecule has 0 spiro atoms. The molecule has 6 heteroatoms. The fourth-order valence-corrected chi connectivity index (χ4v) is 3.03. The van der Waals surface area contributed by atoms with Crippen molar-refractivity contribution >= 4 is 17.0 Å². The number of H-pyrrole nitrogens is 1. The molecule has 0 saturated carbocycles. The van der Waals surface area contributed by atoms with E-state index in [9.17, 15) is 13.6 Å². The molecule has 2 N–H and O–H groups in total. The third kappa shape index (κ3) is 3.52. The molecule has 4 nitrogen and oxygen atoms in total. The average Bonchev–Trinajstić information content (AvgIpc) is 2.94. The van der Waals surface area contributed by atoms with Crippen molar-refractivity contribution in [3.63, 3.8) is 0 Å². The highest BCUT2D eigenvalue weighted by Gasteiger charge is 2.21. The fourth-order valence-electron chi connectivity index (χ4n) is 3.03. The number of carboxylic acid groups (broad SMARTS) is 1. The van der Waals surface area contributed by atoms with Gasteiger partial charge in [0.05, 0.1) is 11.8 Å². The molecule has 0 aliphatic carbocycles. The topological polar surface area (TPSA) is 66.0 Å². The molecule has 3 rings (SSSR count). The quantitative estimate of drug-likeness (QED) is 0.704. The van der Waals surface area contributed by atoms with Gasteiger partial charge in [-0.3, -0.25) is 0 Å². The molecular weight excluding hydrogens is 326 g/mol. The zero-order valence-electron chi connectivity index (χ0n) is 13.9. The number of pyridine rings is 1. The number of hydrogen-bond donors (Lipinski definition) is 2. The van der Waals surface area contributed by atoms with Crippen LogP contribution >= 0.6 is 0 Å². The molecule has 0 saturated heterocycles. The van der Waals surface area contributed by atoms with Crippen LogP contribution in [0.15, 0.2) is 36.5 Å². The molecule has 130 valence electrons. The summed E-state index contributed by atoms with van der Waals surface area (Å²) in [7, 11) is 0. The van der Waals surface area contributed by atoms with Crippen LogP contribution in [0, 0.1) is 17.6 Å². The van der Waals surface area contributed by atoms with Crippen molar-refractivity contribution in [3.05, 3.63) is 65.0 Å². The molecule has 1 atom stereocenters. The van der Waals surface area contributed by atoms with Crippen molar-refractivity contribution < 1.29 is 18.7 Å². The lowest BCUT2D eigenvalue weighted by molar-refractivity contribution is 0.0692. The molecule has 0 amide bonds. The van der Waals surface area contributed by atoms with E-state index < -0.39 is 17.6 Å². The largest absolute Gasteiger partial charge is 0.478 e. The number of nitrogens with zero attached hydrogens (tertiary/aromatic N) is 1. The Morgan fingerprint density at radius 1 is 1.24 bits per heavy atom. The summed E-state index contributed by atoms with van der Waals surface area (Å²) in [6.45, 7) is 4.10. The lowest BCUT2D eigenvalue weighted by Gasteiger charge is -2.19. The molecule has 1 unspecified atom stereocenters. The number of rotatable bonds is 5. The summed E-state index contributed by atoms with van der Waals surface area (Å²) in [5, 5.41) is 9.63. The minimum Gasteiger partial charge on any atom is -0.478 e. The summed E-state index contributed by atoms with van der Waals surface area (Å²) in [6, 6.07) is 7.36. The van der Waals surface area contributed by atoms with Gasteiger partial charge in [0, 0.05) is 17.0 Å². The van der Waals surface area contributed by atoms with E-state index in [1.165, 1.54) is 18.2 Å². The Kier molecular flexibility index (Phi) is 4.53. The van der Waals surface area contributed by atoms with E-state index in [2.05, 4.69) is 23.8 Å². The zero-order valence-corrected chi connectivity index (χ0v) is 13.9. The third-order valence-electron chi connectivity index (χ3n) is 4.17. The van der Waals surface area contributed by atoms with Crippen molar-refractivity contribution in [1.29, 1.82) is 0 Å². The predicted molar refractivity (Wildman–Crippen MR) is 90.7 cm³/mol. The van der Waals surface area contributed by atoms with Crippen molar-refractivity contribution in [2.45, 2.75) is 26.2 Å². The number of carboxylic acids is 1. The van der Waals surface area contributed by atoms with Gasteiger partial charge in [0.15, 0.2) is 0 Å². The van der Waals surface area contributed by atoms with E-state index in [0.717, 1.165) is 18.3 Å². The number of halogens is 2. The van der Waals surface area contributed by atoms with Gasteiger partial charge in [0.1, 0.15) is 17.3 Å². The summed E-state index contributed by atoms with van der Waals surface area (Å²) in [5.74, 6) is -2.33. The van der Waals surface area contributed by atoms with Gasteiger partial charge in [-0.2, -0.15) is 0 Å². The normalized spacial score (nSPS) is 12.7. The Hall–Kier alpha value is -2.76. The number of aromatic nitrogens is 2. The lowest BCUT2D eigenvalue weighted by Crippen LogP contribution is -2.08. The molecule has 2 heterocycles. The second-order valence-corrected chi connectivity index (χ2v) is 6.54. The Morgan fingerprint density at radius 2 is 2.00 bits per heavy atom. The highest BCUT2D eigenvalue weighted by molar-refractivity contribution is 5.88. The van der Waals surface area contributed by atoms with E-state index in [0.29, 0.717) is 22.5 Å². The molecular formula is C19H18F2N2O2. The van der Waals surface area contributed by atoms with Crippen LogP contribution in [0.5, 0.6) is 0 Å². The Balaban J connectivity index is 2.07. The van der Waals surface area contributed by atoms with Crippen LogP contribution in [-0.2, 0) is 0 Å². The number of hydrogen-bond acceptors (Lipinski definition) is 2. The van der Waals surface area contributed by atoms with E-state index >= 15 is 0 Å². The molecule has 0 aliphatic rings. The molecule has 2 aromatic heterocycles. The van der Waals surface area contributed by atoms with Crippen LogP contribution in [0.2, 0.25) is 0 Å². The highest BCUT2D eigenvalue weighted by Crippen LogP contribution is 2.33. The first-order valence-electron chi connectivity index (χ1n) is 8.02. The van der Waals surface area contributed by atoms with Crippen molar-refractivity contribution in [2.75, 3.05) is 0 Å². The van der Waals surface area contributed by atoms with Crippen LogP contribution in [0.3, 0.4) is 0 Å². The van der Waals surface area contributed by atoms with Crippen molar-refractivity contribution in [2.24, 2.45) is 5.92 Å². The minimum absolute atomic E-state index is 0.172. The SMILES string of the molecule is CC(C)CC(c1ccc(C(=O)O)c(F)c1)c1cc2cc(F)cnc2[nH]1. The van der Waals surface area contributed by atoms with Crippen LogP contribution in [-0.4, -0.2) is 21.0 Å². The molecule has 0 aliphatic heterocycles. The summed E-state index contributed by atoms with van der Waals surface area (Å²) in [4.78, 5) is 18.2. The predicted octanol–water partition coefficient (Wildman–Crippen LogP) is 4.72. The first kappa shape index (κ1) is 17.1. The lowest BCUT2D eigenvalue weighted by atomic mass is 9.87. The molecule has 3 aromatic rings. The number of aromatic carboxylic acids is 1. The first-order valence-corrected chi connectivity index (χ1v) is 8.02. The number of aromatic amines is 1. The fraction of sp³-hybridized carbons (Fsp3) is 0.263. The standard InChI is InChI=1S/C19H18F2N2O2/c1-10(2)5-15(11-3-4-14(19(24)25)16(21)7-11)17-8-12-6-13(20)9-22-18(12)23-17/h3-4,6-10,15H,5H2,1-2H3,(H,22,23)(H,24,25). The maximum Gasteiger partial charge on any atom is 0.338 e. The van der Waals surface area contributed by atoms with Gasteiger partial charge in [-0.25, -0.2) is 18.6 Å². The number of benzene rings is 1. The van der Waals surface area contributed by atoms with E-state index in [1.54, 1.807) is 6.07 Å². The van der Waals surface area contributed by atoms with Gasteiger partial charge in [-0.05, 0) is 42.2 Å². The van der Waals surface area contributed by atoms with Gasteiger partial charge < -0.3 is 10.1 Å². The van der Waals surface area contributed by atoms with Gasteiger partial charge in [0.25, 0.3) is 0 Å². The minimum atomic E-state index is -1.30. The smallest absolute Gasteiger partial charge is 0.338 e. The third-order valence-corrected chi connectivity index (χ3v) is 4.17. The van der Waals surface area contributed by atoms with E-state index in [-0.39, 0.29) is 11.5 Å². The Morgan fingerprint density at radius 3 is 2.64 bits per heavy atom. The maximum atomic E-state index is 14.1. The van der Waals surface area contributed by atoms with Gasteiger partial charge >= 0.3 is 5.97 Å². The van der Waals surface area contributed by atoms with Crippen LogP contribution < -0.4 is 0 Å². The van der Waals surface area contributed by atoms with E-state index in [4.69, 9.17) is 5.11 Å². The number of fused-ring (bicyclic) bond motifs is 1. The average molecular weight is 344 g/mol. The Labute approximate surface area is 143 Å². The highest BCUT2D eigenvalue weighted by atomic mass is 19.1. The second-order valence-electron chi connectivity index (χ2n) is 6.54. The second kappa shape index (κ2) is 6.63. The van der Waals surface area contributed by atoms with Crippen LogP contribution in [0.25, 0.3) is 11.0 Å². The Bertz CT molecular complexity index is 934. The summed E-state index contributed by atoms with van der Waals surface area (Å²) >= 11 is 0. The van der Waals surface area contributed by atoms with Crippen molar-refractivity contribution in [3.8, 4) is 0 Å². The summed E-state index contributed by atoms with van der Waals surface area (Å²) < 4.78 is 27.5. The molecule has 1 aromatic carbocycles. The summed E-state index contributed by atoms with van der Waals surface area (Å²) in [6.07, 6.45) is 1.86. The van der Waals surface area contributed by atoms with Crippen LogP contribution in [0.4, 0.5) is 8.78 Å². The molecule has 0 fully saturated rings. The first-order chi connectivity index (χ1) is 11.8. The van der Waals surface area contributed by atoms with Crippen molar-refractivity contribution in [1.82, 2.24) is 9.97 Å². The van der Waals surface area contributed by atoms with Crippen LogP contribution in [0.1, 0.15) is 47.8 Å². The maximum absolute atomic E-state index is 14.1. The number of nitrogens with one attached hydrogen (secondary N) is 1. The summed E-state index contributed by atoms with van der Waals surface area (Å²) in [5.41, 5.74) is 1.67. The molecule has 0 radical (unpaired) electrons. The monoisotopic (exact) mass is 344 g/mol. The number of carbonyl (C=O) groups is 1. The molecule has 25 heavy (non-hydrogen) atoms. The van der Waals surface area contributed by atoms with Gasteiger partial charge in [0.2, 0.25) is 0 Å². The van der Waals surface area contributed by atoms with Gasteiger partial charge in [-0.15, -0.1) is 0 Å². The molecule has 0 bridgehead atoms. The van der Waals surface area contributed by atoms with Gasteiger partial charge in [-0.1, -0.05) is 19.9 Å².